The summed E-state index contributed by atoms with van der Waals surface area (Å²) >= 11 is 0. The number of ketones is 1. The summed E-state index contributed by atoms with van der Waals surface area (Å²) in [4.78, 5) is 28.3. The Morgan fingerprint density at radius 3 is 2.43 bits per heavy atom. The molecule has 1 amide bonds. The van der Waals surface area contributed by atoms with E-state index in [9.17, 15) is 14.7 Å². The van der Waals surface area contributed by atoms with Crippen LogP contribution in [0.3, 0.4) is 0 Å². The molecule has 3 aromatic rings. The molecule has 192 valence electrons. The van der Waals surface area contributed by atoms with E-state index >= 15 is 0 Å². The number of anilines is 1. The highest BCUT2D eigenvalue weighted by molar-refractivity contribution is 6.51. The van der Waals surface area contributed by atoms with E-state index in [4.69, 9.17) is 14.2 Å². The van der Waals surface area contributed by atoms with Crippen LogP contribution < -0.4 is 19.1 Å². The lowest BCUT2D eigenvalue weighted by molar-refractivity contribution is -0.132. The van der Waals surface area contributed by atoms with Crippen molar-refractivity contribution in [1.29, 1.82) is 0 Å². The van der Waals surface area contributed by atoms with Crippen LogP contribution in [-0.2, 0) is 9.59 Å². The van der Waals surface area contributed by atoms with Crippen LogP contribution in [0.4, 0.5) is 5.69 Å². The van der Waals surface area contributed by atoms with Gasteiger partial charge in [0.25, 0.3) is 11.7 Å². The summed E-state index contributed by atoms with van der Waals surface area (Å²) in [6, 6.07) is 18.6. The lowest BCUT2D eigenvalue weighted by Gasteiger charge is -2.26. The number of hydrogen-bond acceptors (Lipinski definition) is 6. The smallest absolute Gasteiger partial charge is 0.300 e. The summed E-state index contributed by atoms with van der Waals surface area (Å²) in [7, 11) is 1.53. The van der Waals surface area contributed by atoms with Gasteiger partial charge in [-0.15, -0.1) is 0 Å². The van der Waals surface area contributed by atoms with E-state index in [2.05, 4.69) is 0 Å². The zero-order valence-corrected chi connectivity index (χ0v) is 21.5. The van der Waals surface area contributed by atoms with Crippen LogP contribution in [0.2, 0.25) is 0 Å². The summed E-state index contributed by atoms with van der Waals surface area (Å²) in [6.45, 7) is 6.76. The normalized spacial score (nSPS) is 16.6. The summed E-state index contributed by atoms with van der Waals surface area (Å²) in [5.41, 5.74) is 2.47. The van der Waals surface area contributed by atoms with Gasteiger partial charge in [-0.25, -0.2) is 0 Å². The summed E-state index contributed by atoms with van der Waals surface area (Å²) in [5.74, 6) is -0.183. The number of ether oxygens (including phenoxy) is 3. The van der Waals surface area contributed by atoms with Crippen LogP contribution in [0.1, 0.15) is 43.0 Å². The van der Waals surface area contributed by atoms with E-state index in [1.54, 1.807) is 48.5 Å². The van der Waals surface area contributed by atoms with Crippen molar-refractivity contribution in [2.24, 2.45) is 0 Å². The maximum atomic E-state index is 13.5. The molecule has 3 aromatic carbocycles. The van der Waals surface area contributed by atoms with Gasteiger partial charge in [-0.2, -0.15) is 0 Å². The molecule has 1 unspecified atom stereocenters. The molecular formula is C30H31NO6. The Kier molecular flexibility index (Phi) is 7.82. The Bertz CT molecular complexity index is 1350. The average molecular weight is 502 g/mol. The maximum absolute atomic E-state index is 13.5. The molecule has 37 heavy (non-hydrogen) atoms. The predicted molar refractivity (Wildman–Crippen MR) is 142 cm³/mol. The van der Waals surface area contributed by atoms with Crippen molar-refractivity contribution in [3.63, 3.8) is 0 Å². The van der Waals surface area contributed by atoms with E-state index in [-0.39, 0.29) is 11.3 Å². The number of methoxy groups -OCH3 is 1. The first kappa shape index (κ1) is 25.8. The third kappa shape index (κ3) is 5.16. The molecule has 0 aromatic heterocycles. The molecule has 0 aliphatic carbocycles. The first-order valence-electron chi connectivity index (χ1n) is 12.3. The molecule has 7 nitrogen and oxygen atoms in total. The molecule has 1 aliphatic rings. The molecule has 1 atom stereocenters. The van der Waals surface area contributed by atoms with Gasteiger partial charge in [0.05, 0.1) is 31.9 Å². The first-order valence-corrected chi connectivity index (χ1v) is 12.3. The van der Waals surface area contributed by atoms with Crippen LogP contribution in [-0.4, -0.2) is 37.1 Å². The van der Waals surface area contributed by atoms with Gasteiger partial charge in [-0.1, -0.05) is 37.3 Å². The van der Waals surface area contributed by atoms with Crippen molar-refractivity contribution in [3.8, 4) is 17.2 Å². The molecule has 1 N–H and O–H groups in total. The van der Waals surface area contributed by atoms with E-state index in [1.165, 1.54) is 12.0 Å². The number of Topliss-reactive ketones (excluding diaryl/α,β-unsaturated/α-hetero) is 1. The van der Waals surface area contributed by atoms with Crippen LogP contribution in [0.15, 0.2) is 72.3 Å². The minimum absolute atomic E-state index is 0.00893. The van der Waals surface area contributed by atoms with Crippen molar-refractivity contribution in [2.45, 2.75) is 33.2 Å². The topological polar surface area (TPSA) is 85.3 Å². The van der Waals surface area contributed by atoms with Gasteiger partial charge < -0.3 is 19.3 Å². The van der Waals surface area contributed by atoms with Gasteiger partial charge in [0.15, 0.2) is 11.5 Å². The molecule has 1 fully saturated rings. The van der Waals surface area contributed by atoms with Crippen LogP contribution >= 0.6 is 0 Å². The van der Waals surface area contributed by atoms with Gasteiger partial charge in [-0.05, 0) is 67.8 Å². The van der Waals surface area contributed by atoms with Gasteiger partial charge in [0, 0.05) is 11.3 Å². The number of nitrogens with zero attached hydrogens (tertiary/aromatic N) is 1. The minimum atomic E-state index is -0.883. The van der Waals surface area contributed by atoms with Crippen molar-refractivity contribution in [1.82, 2.24) is 0 Å². The molecule has 0 bridgehead atoms. The fraction of sp³-hybridized carbons (Fsp3) is 0.267. The number of carbonyl (C=O) groups excluding carboxylic acids is 2. The fourth-order valence-electron chi connectivity index (χ4n) is 4.43. The second kappa shape index (κ2) is 11.2. The molecule has 7 heteroatoms. The molecule has 0 radical (unpaired) electrons. The van der Waals surface area contributed by atoms with E-state index in [1.807, 2.05) is 39.0 Å². The molecule has 1 aliphatic heterocycles. The lowest BCUT2D eigenvalue weighted by Crippen LogP contribution is -2.29. The number of hydrogen-bond donors (Lipinski definition) is 1. The zero-order chi connectivity index (χ0) is 26.5. The molecule has 0 saturated carbocycles. The number of benzene rings is 3. The molecule has 0 spiro atoms. The number of aryl methyl sites for hydroxylation is 1. The zero-order valence-electron chi connectivity index (χ0n) is 21.5. The first-order chi connectivity index (χ1) is 17.9. The lowest BCUT2D eigenvalue weighted by atomic mass is 9.94. The number of carbonyl (C=O) groups is 2. The second-order valence-corrected chi connectivity index (χ2v) is 8.73. The summed E-state index contributed by atoms with van der Waals surface area (Å²) in [6.07, 6.45) is 0.831. The number of amides is 1. The third-order valence-corrected chi connectivity index (χ3v) is 6.11. The molecule has 1 saturated heterocycles. The van der Waals surface area contributed by atoms with Crippen LogP contribution in [0.5, 0.6) is 17.2 Å². The molecular weight excluding hydrogens is 470 g/mol. The Hall–Kier alpha value is -4.26. The van der Waals surface area contributed by atoms with Gasteiger partial charge in [0.2, 0.25) is 0 Å². The minimum Gasteiger partial charge on any atom is -0.507 e. The van der Waals surface area contributed by atoms with Crippen molar-refractivity contribution >= 4 is 23.1 Å². The fourth-order valence-corrected chi connectivity index (χ4v) is 4.43. The Balaban J connectivity index is 1.92. The van der Waals surface area contributed by atoms with E-state index in [0.29, 0.717) is 47.3 Å². The third-order valence-electron chi connectivity index (χ3n) is 6.11. The second-order valence-electron chi connectivity index (χ2n) is 8.73. The molecule has 4 rings (SSSR count). The highest BCUT2D eigenvalue weighted by Crippen LogP contribution is 2.44. The predicted octanol–water partition coefficient (Wildman–Crippen LogP) is 5.82. The SMILES string of the molecule is CCCOc1cccc(/C(O)=C2/C(=O)C(=O)N(c3cccc(C)c3)C2c2ccc(OCC)c(OC)c2)c1. The van der Waals surface area contributed by atoms with Crippen molar-refractivity contribution < 1.29 is 28.9 Å². The highest BCUT2D eigenvalue weighted by Gasteiger charge is 2.47. The quantitative estimate of drug-likeness (QED) is 0.226. The Labute approximate surface area is 216 Å². The highest BCUT2D eigenvalue weighted by atomic mass is 16.5. The summed E-state index contributed by atoms with van der Waals surface area (Å²) in [5, 5.41) is 11.4. The van der Waals surface area contributed by atoms with Gasteiger partial charge in [-0.3, -0.25) is 14.5 Å². The maximum Gasteiger partial charge on any atom is 0.300 e. The van der Waals surface area contributed by atoms with Crippen molar-refractivity contribution in [2.75, 3.05) is 25.2 Å². The largest absolute Gasteiger partial charge is 0.507 e. The van der Waals surface area contributed by atoms with Crippen LogP contribution in [0.25, 0.3) is 5.76 Å². The van der Waals surface area contributed by atoms with Gasteiger partial charge >= 0.3 is 0 Å². The van der Waals surface area contributed by atoms with E-state index in [0.717, 1.165) is 12.0 Å². The standard InChI is InChI=1S/C30H31NO6/c1-5-15-37-23-12-8-10-21(17-23)28(32)26-27(20-13-14-24(36-6-2)25(18-20)35-4)31(30(34)29(26)33)22-11-7-9-19(3)16-22/h7-14,16-18,27,32H,5-6,15H2,1-4H3/b28-26-. The Morgan fingerprint density at radius 1 is 0.946 bits per heavy atom. The van der Waals surface area contributed by atoms with Crippen LogP contribution in [0, 0.1) is 6.92 Å². The van der Waals surface area contributed by atoms with Gasteiger partial charge in [0.1, 0.15) is 11.5 Å². The number of rotatable bonds is 9. The number of aliphatic hydroxyl groups excluding tert-OH is 1. The monoisotopic (exact) mass is 501 g/mol. The Morgan fingerprint density at radius 2 is 1.73 bits per heavy atom. The van der Waals surface area contributed by atoms with Crippen molar-refractivity contribution in [3.05, 3.63) is 89.0 Å². The number of aliphatic hydroxyl groups is 1. The van der Waals surface area contributed by atoms with E-state index < -0.39 is 17.7 Å². The summed E-state index contributed by atoms with van der Waals surface area (Å²) < 4.78 is 16.9. The molecule has 1 heterocycles. The average Bonchev–Trinajstić information content (AvgIpc) is 3.17.